The van der Waals surface area contributed by atoms with E-state index >= 15 is 0 Å². The lowest BCUT2D eigenvalue weighted by molar-refractivity contribution is 0.0993. The summed E-state index contributed by atoms with van der Waals surface area (Å²) in [6.45, 7) is 5.83. The zero-order valence-electron chi connectivity index (χ0n) is 14.9. The van der Waals surface area contributed by atoms with E-state index in [0.29, 0.717) is 11.3 Å². The third-order valence-corrected chi connectivity index (χ3v) is 4.35. The second-order valence-electron chi connectivity index (χ2n) is 6.16. The number of anilines is 2. The van der Waals surface area contributed by atoms with Crippen LogP contribution in [-0.4, -0.2) is 11.8 Å². The van der Waals surface area contributed by atoms with Gasteiger partial charge in [0.05, 0.1) is 6.26 Å². The van der Waals surface area contributed by atoms with Gasteiger partial charge in [0.1, 0.15) is 0 Å². The highest BCUT2D eigenvalue weighted by atomic mass is 16.3. The molecule has 0 aliphatic carbocycles. The lowest BCUT2D eigenvalue weighted by Crippen LogP contribution is -2.15. The fraction of sp³-hybridized carbons (Fsp3) is 0.143. The molecule has 0 fully saturated rings. The Morgan fingerprint density at radius 2 is 1.58 bits per heavy atom. The minimum atomic E-state index is -0.356. The van der Waals surface area contributed by atoms with Crippen LogP contribution >= 0.6 is 0 Å². The van der Waals surface area contributed by atoms with Gasteiger partial charge < -0.3 is 15.1 Å². The molecule has 1 aromatic heterocycles. The van der Waals surface area contributed by atoms with Crippen LogP contribution in [0.2, 0.25) is 0 Å². The molecule has 2 amide bonds. The summed E-state index contributed by atoms with van der Waals surface area (Å²) in [5, 5.41) is 5.70. The van der Waals surface area contributed by atoms with E-state index in [4.69, 9.17) is 4.42 Å². The van der Waals surface area contributed by atoms with Gasteiger partial charge in [-0.3, -0.25) is 9.59 Å². The molecule has 2 aromatic carbocycles. The van der Waals surface area contributed by atoms with Crippen LogP contribution in [0, 0.1) is 20.8 Å². The first-order valence-electron chi connectivity index (χ1n) is 8.29. The Balaban J connectivity index is 1.81. The van der Waals surface area contributed by atoms with E-state index in [9.17, 15) is 9.59 Å². The maximum Gasteiger partial charge on any atom is 0.291 e. The summed E-state index contributed by atoms with van der Waals surface area (Å²) in [6, 6.07) is 14.2. The highest BCUT2D eigenvalue weighted by Gasteiger charge is 2.14. The van der Waals surface area contributed by atoms with E-state index in [0.717, 1.165) is 22.4 Å². The monoisotopic (exact) mass is 348 g/mol. The number of carbonyl (C=O) groups excluding carboxylic acids is 2. The molecule has 0 saturated heterocycles. The zero-order chi connectivity index (χ0) is 18.7. The molecule has 0 unspecified atom stereocenters. The summed E-state index contributed by atoms with van der Waals surface area (Å²) < 4.78 is 5.10. The molecule has 0 bridgehead atoms. The lowest BCUT2D eigenvalue weighted by Gasteiger charge is -2.12. The van der Waals surface area contributed by atoms with E-state index in [1.165, 1.54) is 6.26 Å². The predicted octanol–water partition coefficient (Wildman–Crippen LogP) is 4.71. The molecule has 5 heteroatoms. The van der Waals surface area contributed by atoms with Gasteiger partial charge in [0, 0.05) is 16.9 Å². The lowest BCUT2D eigenvalue weighted by atomic mass is 10.1. The second-order valence-corrected chi connectivity index (χ2v) is 6.16. The predicted molar refractivity (Wildman–Crippen MR) is 102 cm³/mol. The third kappa shape index (κ3) is 3.67. The summed E-state index contributed by atoms with van der Waals surface area (Å²) in [4.78, 5) is 24.8. The van der Waals surface area contributed by atoms with Crippen LogP contribution in [0.5, 0.6) is 0 Å². The van der Waals surface area contributed by atoms with E-state index in [1.807, 2.05) is 39.0 Å². The molecule has 0 aliphatic rings. The zero-order valence-corrected chi connectivity index (χ0v) is 14.9. The molecule has 2 N–H and O–H groups in total. The highest BCUT2D eigenvalue weighted by molar-refractivity contribution is 6.07. The molecule has 0 saturated carbocycles. The number of aryl methyl sites for hydroxylation is 2. The van der Waals surface area contributed by atoms with Gasteiger partial charge in [0.2, 0.25) is 0 Å². The van der Waals surface area contributed by atoms with Crippen molar-refractivity contribution in [3.8, 4) is 0 Å². The van der Waals surface area contributed by atoms with Crippen molar-refractivity contribution in [2.45, 2.75) is 20.8 Å². The summed E-state index contributed by atoms with van der Waals surface area (Å²) in [5.74, 6) is -0.368. The SMILES string of the molecule is Cc1ccc(C(=O)Nc2cccc(C)c2C)cc1NC(=O)c1ccco1. The number of benzene rings is 2. The van der Waals surface area contributed by atoms with Gasteiger partial charge in [-0.25, -0.2) is 0 Å². The molecule has 0 radical (unpaired) electrons. The van der Waals surface area contributed by atoms with Gasteiger partial charge in [0.25, 0.3) is 11.8 Å². The first-order chi connectivity index (χ1) is 12.5. The van der Waals surface area contributed by atoms with Crippen molar-refractivity contribution in [1.29, 1.82) is 0 Å². The van der Waals surface area contributed by atoms with E-state index in [1.54, 1.807) is 30.3 Å². The maximum absolute atomic E-state index is 12.6. The Hall–Kier alpha value is -3.34. The summed E-state index contributed by atoms with van der Waals surface area (Å²) in [7, 11) is 0. The van der Waals surface area contributed by atoms with Gasteiger partial charge in [-0.1, -0.05) is 18.2 Å². The Labute approximate surface area is 152 Å². The minimum Gasteiger partial charge on any atom is -0.459 e. The van der Waals surface area contributed by atoms with Crippen LogP contribution < -0.4 is 10.6 Å². The molecular formula is C21H20N2O3. The van der Waals surface area contributed by atoms with Crippen molar-refractivity contribution in [3.05, 3.63) is 82.8 Å². The number of carbonyl (C=O) groups is 2. The smallest absolute Gasteiger partial charge is 0.291 e. The normalized spacial score (nSPS) is 10.4. The van der Waals surface area contributed by atoms with Gasteiger partial charge in [-0.2, -0.15) is 0 Å². The van der Waals surface area contributed by atoms with Crippen LogP contribution in [0.25, 0.3) is 0 Å². The van der Waals surface area contributed by atoms with E-state index < -0.39 is 0 Å². The topological polar surface area (TPSA) is 71.3 Å². The van der Waals surface area contributed by atoms with Crippen molar-refractivity contribution in [2.24, 2.45) is 0 Å². The Morgan fingerprint density at radius 3 is 2.31 bits per heavy atom. The largest absolute Gasteiger partial charge is 0.459 e. The molecule has 1 heterocycles. The van der Waals surface area contributed by atoms with E-state index in [2.05, 4.69) is 10.6 Å². The van der Waals surface area contributed by atoms with Gasteiger partial charge >= 0.3 is 0 Å². The highest BCUT2D eigenvalue weighted by Crippen LogP contribution is 2.22. The average Bonchev–Trinajstić information content (AvgIpc) is 3.15. The average molecular weight is 348 g/mol. The third-order valence-electron chi connectivity index (χ3n) is 4.35. The van der Waals surface area contributed by atoms with Crippen molar-refractivity contribution in [1.82, 2.24) is 0 Å². The van der Waals surface area contributed by atoms with E-state index in [-0.39, 0.29) is 17.6 Å². The fourth-order valence-corrected chi connectivity index (χ4v) is 2.57. The molecule has 132 valence electrons. The second kappa shape index (κ2) is 7.27. The number of nitrogens with one attached hydrogen (secondary N) is 2. The van der Waals surface area contributed by atoms with Crippen LogP contribution in [0.1, 0.15) is 37.6 Å². The Kier molecular flexibility index (Phi) is 4.89. The Morgan fingerprint density at radius 1 is 0.808 bits per heavy atom. The van der Waals surface area contributed by atoms with Crippen LogP contribution in [0.4, 0.5) is 11.4 Å². The van der Waals surface area contributed by atoms with Gasteiger partial charge in [0.15, 0.2) is 5.76 Å². The summed E-state index contributed by atoms with van der Waals surface area (Å²) in [5.41, 5.74) is 4.80. The number of furan rings is 1. The van der Waals surface area contributed by atoms with Crippen molar-refractivity contribution >= 4 is 23.2 Å². The van der Waals surface area contributed by atoms with Gasteiger partial charge in [-0.15, -0.1) is 0 Å². The fourth-order valence-electron chi connectivity index (χ4n) is 2.57. The molecule has 3 rings (SSSR count). The first-order valence-corrected chi connectivity index (χ1v) is 8.29. The molecule has 0 atom stereocenters. The van der Waals surface area contributed by atoms with Crippen molar-refractivity contribution in [2.75, 3.05) is 10.6 Å². The van der Waals surface area contributed by atoms with Crippen molar-refractivity contribution in [3.63, 3.8) is 0 Å². The summed E-state index contributed by atoms with van der Waals surface area (Å²) >= 11 is 0. The van der Waals surface area contributed by atoms with Crippen LogP contribution in [0.3, 0.4) is 0 Å². The van der Waals surface area contributed by atoms with Crippen LogP contribution in [-0.2, 0) is 0 Å². The molecule has 26 heavy (non-hydrogen) atoms. The maximum atomic E-state index is 12.6. The minimum absolute atomic E-state index is 0.217. The number of rotatable bonds is 4. The standard InChI is InChI=1S/C21H20N2O3/c1-13-6-4-7-17(15(13)3)22-20(24)16-10-9-14(2)18(12-16)23-21(25)19-8-5-11-26-19/h4-12H,1-3H3,(H,22,24)(H,23,25). The summed E-state index contributed by atoms with van der Waals surface area (Å²) in [6.07, 6.45) is 1.44. The first kappa shape index (κ1) is 17.5. The Bertz CT molecular complexity index is 959. The van der Waals surface area contributed by atoms with Crippen molar-refractivity contribution < 1.29 is 14.0 Å². The molecule has 3 aromatic rings. The quantitative estimate of drug-likeness (QED) is 0.717. The number of hydrogen-bond acceptors (Lipinski definition) is 3. The molecule has 0 aliphatic heterocycles. The number of hydrogen-bond donors (Lipinski definition) is 2. The van der Waals surface area contributed by atoms with Gasteiger partial charge in [-0.05, 0) is 67.8 Å². The van der Waals surface area contributed by atoms with Crippen LogP contribution in [0.15, 0.2) is 59.2 Å². The molecular weight excluding hydrogens is 328 g/mol. The molecule has 5 nitrogen and oxygen atoms in total. The molecule has 0 spiro atoms. The number of amides is 2.